The first-order valence-corrected chi connectivity index (χ1v) is 3.22. The highest BCUT2D eigenvalue weighted by Gasteiger charge is 2.36. The number of aliphatic imine (C=N–C) groups is 1. The van der Waals surface area contributed by atoms with Crippen LogP contribution < -0.4 is 0 Å². The molecule has 0 saturated carbocycles. The number of hydrogen-bond donors (Lipinski definition) is 0. The Morgan fingerprint density at radius 2 is 2.22 bits per heavy atom. The Morgan fingerprint density at radius 1 is 1.56 bits per heavy atom. The lowest BCUT2D eigenvalue weighted by Gasteiger charge is -2.01. The number of thioether (sulfide) groups is 1. The molecule has 1 heterocycles. The summed E-state index contributed by atoms with van der Waals surface area (Å²) < 4.78 is 34.8. The van der Waals surface area contributed by atoms with Crippen molar-refractivity contribution in [1.29, 1.82) is 0 Å². The maximum atomic E-state index is 11.6. The average Bonchev–Trinajstić information content (AvgIpc) is 2.08. The van der Waals surface area contributed by atoms with Crippen LogP contribution in [0.3, 0.4) is 0 Å². The summed E-state index contributed by atoms with van der Waals surface area (Å²) in [5.41, 5.74) is -0.757. The van der Waals surface area contributed by atoms with Gasteiger partial charge in [0.25, 0.3) is 0 Å². The third-order valence-electron chi connectivity index (χ3n) is 0.795. The smallest absolute Gasteiger partial charge is 0.273 e. The third kappa shape index (κ3) is 1.61. The van der Waals surface area contributed by atoms with Gasteiger partial charge in [-0.3, -0.25) is 4.99 Å². The molecule has 51 valence electrons. The van der Waals surface area contributed by atoms with Gasteiger partial charge in [-0.15, -0.1) is 11.8 Å². The molecule has 0 aromatic heterocycles. The third-order valence-corrected chi connectivity index (χ3v) is 1.46. The highest BCUT2D eigenvalue weighted by Crippen LogP contribution is 2.27. The van der Waals surface area contributed by atoms with E-state index in [9.17, 15) is 13.2 Å². The fourth-order valence-electron chi connectivity index (χ4n) is 0.417. The van der Waals surface area contributed by atoms with Crippen molar-refractivity contribution in [3.05, 3.63) is 5.75 Å². The molecule has 0 bridgehead atoms. The molecule has 1 radical (unpaired) electrons. The van der Waals surface area contributed by atoms with E-state index in [-0.39, 0.29) is 5.88 Å². The van der Waals surface area contributed by atoms with Gasteiger partial charge in [-0.25, -0.2) is 0 Å². The van der Waals surface area contributed by atoms with Crippen molar-refractivity contribution in [2.24, 2.45) is 4.99 Å². The average molecular weight is 154 g/mol. The molecule has 1 nitrogen and oxygen atoms in total. The van der Waals surface area contributed by atoms with Crippen molar-refractivity contribution >= 4 is 17.5 Å². The minimum atomic E-state index is -4.25. The van der Waals surface area contributed by atoms with Crippen LogP contribution in [-0.4, -0.2) is 17.8 Å². The summed E-state index contributed by atoms with van der Waals surface area (Å²) in [7, 11) is 0. The number of hydrogen-bond acceptors (Lipinski definition) is 2. The summed E-state index contributed by atoms with van der Waals surface area (Å²) in [6.07, 6.45) is -4.25. The molecule has 0 spiro atoms. The van der Waals surface area contributed by atoms with Crippen molar-refractivity contribution in [3.8, 4) is 0 Å². The van der Waals surface area contributed by atoms with Gasteiger partial charge in [0.15, 0.2) is 0 Å². The van der Waals surface area contributed by atoms with Crippen LogP contribution in [0.5, 0.6) is 0 Å². The second kappa shape index (κ2) is 2.21. The van der Waals surface area contributed by atoms with Crippen LogP contribution >= 0.6 is 11.8 Å². The van der Waals surface area contributed by atoms with Crippen LogP contribution in [0, 0.1) is 5.75 Å². The zero-order chi connectivity index (χ0) is 6.91. The van der Waals surface area contributed by atoms with Gasteiger partial charge >= 0.3 is 6.18 Å². The molecule has 0 aromatic carbocycles. The van der Waals surface area contributed by atoms with Crippen LogP contribution in [0.25, 0.3) is 0 Å². The van der Waals surface area contributed by atoms with Gasteiger partial charge in [0.05, 0.1) is 11.6 Å². The largest absolute Gasteiger partial charge is 0.430 e. The Labute approximate surface area is 54.3 Å². The van der Waals surface area contributed by atoms with Crippen LogP contribution in [0.4, 0.5) is 13.2 Å². The topological polar surface area (TPSA) is 12.4 Å². The van der Waals surface area contributed by atoms with Gasteiger partial charge in [0, 0.05) is 0 Å². The van der Waals surface area contributed by atoms with E-state index in [0.29, 0.717) is 0 Å². The molecule has 9 heavy (non-hydrogen) atoms. The predicted octanol–water partition coefficient (Wildman–Crippen LogP) is 1.86. The standard InChI is InChI=1S/C4H3F3NS/c5-4(6,7)3-1-9-2-8-3/h1H,2H2. The maximum Gasteiger partial charge on any atom is 0.430 e. The molecule has 0 atom stereocenters. The summed E-state index contributed by atoms with van der Waals surface area (Å²) in [4.78, 5) is 3.21. The minimum Gasteiger partial charge on any atom is -0.273 e. The molecule has 0 aromatic rings. The first-order valence-electron chi connectivity index (χ1n) is 2.17. The van der Waals surface area contributed by atoms with Crippen molar-refractivity contribution in [1.82, 2.24) is 0 Å². The predicted molar refractivity (Wildman–Crippen MR) is 30.2 cm³/mol. The monoisotopic (exact) mass is 154 g/mol. The van der Waals surface area contributed by atoms with Crippen LogP contribution in [-0.2, 0) is 0 Å². The van der Waals surface area contributed by atoms with E-state index in [2.05, 4.69) is 4.99 Å². The lowest BCUT2D eigenvalue weighted by Crippen LogP contribution is -2.20. The summed E-state index contributed by atoms with van der Waals surface area (Å²) in [5.74, 6) is 1.23. The number of alkyl halides is 3. The number of rotatable bonds is 0. The van der Waals surface area contributed by atoms with E-state index in [1.807, 2.05) is 0 Å². The van der Waals surface area contributed by atoms with Crippen molar-refractivity contribution in [2.45, 2.75) is 6.18 Å². The normalized spacial score (nSPS) is 20.1. The van der Waals surface area contributed by atoms with Crippen molar-refractivity contribution in [2.75, 3.05) is 5.88 Å². The zero-order valence-electron chi connectivity index (χ0n) is 4.27. The Kier molecular flexibility index (Phi) is 1.70. The molecule has 0 fully saturated rings. The second-order valence-electron chi connectivity index (χ2n) is 1.45. The number of halogens is 3. The van der Waals surface area contributed by atoms with Gasteiger partial charge in [0.2, 0.25) is 0 Å². The van der Waals surface area contributed by atoms with E-state index in [1.165, 1.54) is 0 Å². The minimum absolute atomic E-state index is 0.203. The molecular formula is C4H3F3NS. The van der Waals surface area contributed by atoms with Gasteiger partial charge in [-0.1, -0.05) is 0 Å². The summed E-state index contributed by atoms with van der Waals surface area (Å²) in [5, 5.41) is 0. The van der Waals surface area contributed by atoms with E-state index in [0.717, 1.165) is 17.5 Å². The Balaban J connectivity index is 2.61. The Bertz CT molecular complexity index is 139. The Morgan fingerprint density at radius 3 is 2.44 bits per heavy atom. The lowest BCUT2D eigenvalue weighted by atomic mass is 10.4. The van der Waals surface area contributed by atoms with E-state index >= 15 is 0 Å². The molecule has 1 rings (SSSR count). The van der Waals surface area contributed by atoms with Gasteiger partial charge in [-0.2, -0.15) is 13.2 Å². The molecule has 0 unspecified atom stereocenters. The van der Waals surface area contributed by atoms with Gasteiger partial charge < -0.3 is 0 Å². The van der Waals surface area contributed by atoms with Crippen LogP contribution in [0.2, 0.25) is 0 Å². The first kappa shape index (κ1) is 6.92. The van der Waals surface area contributed by atoms with Gasteiger partial charge in [-0.05, 0) is 0 Å². The van der Waals surface area contributed by atoms with Crippen LogP contribution in [0.1, 0.15) is 0 Å². The maximum absolute atomic E-state index is 11.6. The van der Waals surface area contributed by atoms with E-state index in [1.54, 1.807) is 0 Å². The van der Waals surface area contributed by atoms with Crippen molar-refractivity contribution < 1.29 is 13.2 Å². The molecule has 0 aliphatic carbocycles. The SMILES string of the molecule is FC(F)(F)C1=NCS[CH]1. The van der Waals surface area contributed by atoms with Crippen molar-refractivity contribution in [3.63, 3.8) is 0 Å². The molecule has 0 N–H and O–H groups in total. The van der Waals surface area contributed by atoms with Gasteiger partial charge in [0.1, 0.15) is 5.71 Å². The fourth-order valence-corrected chi connectivity index (χ4v) is 1.07. The molecule has 0 saturated heterocycles. The van der Waals surface area contributed by atoms with E-state index in [4.69, 9.17) is 0 Å². The molecular weight excluding hydrogens is 151 g/mol. The summed E-state index contributed by atoms with van der Waals surface area (Å²) in [6, 6.07) is 0. The molecule has 1 aliphatic rings. The first-order chi connectivity index (χ1) is 4.11. The lowest BCUT2D eigenvalue weighted by molar-refractivity contribution is -0.0579. The highest BCUT2D eigenvalue weighted by atomic mass is 32.2. The summed E-state index contributed by atoms with van der Waals surface area (Å²) >= 11 is 1.06. The molecule has 0 amide bonds. The second-order valence-corrected chi connectivity index (χ2v) is 2.28. The quantitative estimate of drug-likeness (QED) is 0.518. The molecule has 5 heteroatoms. The fraction of sp³-hybridized carbons (Fsp3) is 0.500. The Hall–Kier alpha value is -0.190. The number of nitrogens with zero attached hydrogens (tertiary/aromatic N) is 1. The van der Waals surface area contributed by atoms with E-state index < -0.39 is 11.9 Å². The molecule has 1 aliphatic heterocycles. The van der Waals surface area contributed by atoms with Crippen LogP contribution in [0.15, 0.2) is 4.99 Å². The highest BCUT2D eigenvalue weighted by molar-refractivity contribution is 8.02. The summed E-state index contributed by atoms with van der Waals surface area (Å²) in [6.45, 7) is 0. The zero-order valence-corrected chi connectivity index (χ0v) is 5.09.